The summed E-state index contributed by atoms with van der Waals surface area (Å²) in [6.45, 7) is 4.66. The van der Waals surface area contributed by atoms with Crippen LogP contribution in [0, 0.1) is 0 Å². The summed E-state index contributed by atoms with van der Waals surface area (Å²) in [5.74, 6) is 0. The highest BCUT2D eigenvalue weighted by Crippen LogP contribution is 2.22. The van der Waals surface area contributed by atoms with Gasteiger partial charge in [-0.1, -0.05) is 0 Å². The highest BCUT2D eigenvalue weighted by molar-refractivity contribution is 4.62. The van der Waals surface area contributed by atoms with Crippen molar-refractivity contribution in [2.24, 2.45) is 0 Å². The van der Waals surface area contributed by atoms with Gasteiger partial charge in [-0.3, -0.25) is 0 Å². The fourth-order valence-corrected chi connectivity index (χ4v) is 1.63. The molecular formula is C13H26F3NO2. The number of hydrogen-bond donors (Lipinski definition) is 1. The van der Waals surface area contributed by atoms with Crippen molar-refractivity contribution in [2.75, 3.05) is 33.5 Å². The Kier molecular flexibility index (Phi) is 11.3. The predicted molar refractivity (Wildman–Crippen MR) is 69.3 cm³/mol. The van der Waals surface area contributed by atoms with E-state index in [0.29, 0.717) is 26.2 Å². The Bertz CT molecular complexity index is 201. The van der Waals surface area contributed by atoms with Crippen LogP contribution >= 0.6 is 0 Å². The molecule has 0 aliphatic carbocycles. The summed E-state index contributed by atoms with van der Waals surface area (Å²) < 4.78 is 46.0. The molecule has 3 nitrogen and oxygen atoms in total. The van der Waals surface area contributed by atoms with Gasteiger partial charge in [0.2, 0.25) is 0 Å². The van der Waals surface area contributed by atoms with E-state index in [1.165, 1.54) is 0 Å². The summed E-state index contributed by atoms with van der Waals surface area (Å²) in [6.07, 6.45) is -2.05. The third-order valence-corrected chi connectivity index (χ3v) is 2.74. The Morgan fingerprint density at radius 2 is 1.79 bits per heavy atom. The number of nitrogens with one attached hydrogen (secondary N) is 1. The van der Waals surface area contributed by atoms with Crippen LogP contribution in [-0.4, -0.2) is 45.7 Å². The van der Waals surface area contributed by atoms with Crippen LogP contribution in [0.2, 0.25) is 0 Å². The molecule has 1 unspecified atom stereocenters. The molecule has 0 aromatic carbocycles. The van der Waals surface area contributed by atoms with Gasteiger partial charge in [-0.25, -0.2) is 0 Å². The van der Waals surface area contributed by atoms with E-state index >= 15 is 0 Å². The number of halogens is 3. The molecule has 0 aliphatic heterocycles. The SMILES string of the molecule is COCCOCCCCNC(C)CCCC(F)(F)F. The first-order valence-electron chi connectivity index (χ1n) is 6.82. The van der Waals surface area contributed by atoms with Crippen molar-refractivity contribution in [1.82, 2.24) is 5.32 Å². The molecule has 0 saturated heterocycles. The van der Waals surface area contributed by atoms with Crippen molar-refractivity contribution in [3.63, 3.8) is 0 Å². The van der Waals surface area contributed by atoms with Crippen LogP contribution in [0.25, 0.3) is 0 Å². The molecule has 1 atom stereocenters. The summed E-state index contributed by atoms with van der Waals surface area (Å²) >= 11 is 0. The van der Waals surface area contributed by atoms with Gasteiger partial charge in [-0.15, -0.1) is 0 Å². The lowest BCUT2D eigenvalue weighted by Gasteiger charge is -2.14. The number of unbranched alkanes of at least 4 members (excludes halogenated alkanes) is 1. The monoisotopic (exact) mass is 285 g/mol. The first kappa shape index (κ1) is 18.7. The molecule has 6 heteroatoms. The Balaban J connectivity index is 3.23. The van der Waals surface area contributed by atoms with E-state index < -0.39 is 12.6 Å². The smallest absolute Gasteiger partial charge is 0.382 e. The van der Waals surface area contributed by atoms with E-state index in [1.807, 2.05) is 6.92 Å². The van der Waals surface area contributed by atoms with E-state index in [-0.39, 0.29) is 12.5 Å². The molecule has 0 saturated carbocycles. The van der Waals surface area contributed by atoms with Gasteiger partial charge in [-0.05, 0) is 39.2 Å². The van der Waals surface area contributed by atoms with Crippen molar-refractivity contribution >= 4 is 0 Å². The summed E-state index contributed by atoms with van der Waals surface area (Å²) in [6, 6.07) is 0.136. The average Bonchev–Trinajstić information content (AvgIpc) is 2.31. The fraction of sp³-hybridized carbons (Fsp3) is 1.00. The second-order valence-electron chi connectivity index (χ2n) is 4.67. The van der Waals surface area contributed by atoms with Crippen LogP contribution in [-0.2, 0) is 9.47 Å². The molecule has 19 heavy (non-hydrogen) atoms. The van der Waals surface area contributed by atoms with Gasteiger partial charge in [0.15, 0.2) is 0 Å². The molecule has 0 amide bonds. The van der Waals surface area contributed by atoms with Gasteiger partial charge in [-0.2, -0.15) is 13.2 Å². The molecular weight excluding hydrogens is 259 g/mol. The predicted octanol–water partition coefficient (Wildman–Crippen LogP) is 3.14. The Labute approximate surface area is 113 Å². The van der Waals surface area contributed by atoms with Crippen molar-refractivity contribution in [1.29, 1.82) is 0 Å². The van der Waals surface area contributed by atoms with Crippen LogP contribution in [0.3, 0.4) is 0 Å². The maximum absolute atomic E-state index is 11.9. The number of ether oxygens (including phenoxy) is 2. The number of methoxy groups -OCH3 is 1. The van der Waals surface area contributed by atoms with E-state index in [2.05, 4.69) is 5.32 Å². The first-order valence-corrected chi connectivity index (χ1v) is 6.82. The van der Waals surface area contributed by atoms with Crippen LogP contribution in [0.1, 0.15) is 39.0 Å². The van der Waals surface area contributed by atoms with Gasteiger partial charge in [0.25, 0.3) is 0 Å². The average molecular weight is 285 g/mol. The van der Waals surface area contributed by atoms with E-state index in [4.69, 9.17) is 9.47 Å². The molecule has 0 aromatic rings. The summed E-state index contributed by atoms with van der Waals surface area (Å²) in [5, 5.41) is 3.22. The Morgan fingerprint density at radius 3 is 2.42 bits per heavy atom. The zero-order chi connectivity index (χ0) is 14.6. The third-order valence-electron chi connectivity index (χ3n) is 2.74. The topological polar surface area (TPSA) is 30.5 Å². The zero-order valence-electron chi connectivity index (χ0n) is 11.9. The van der Waals surface area contributed by atoms with Gasteiger partial charge >= 0.3 is 6.18 Å². The minimum atomic E-state index is -4.03. The molecule has 0 aromatic heterocycles. The maximum atomic E-state index is 11.9. The summed E-state index contributed by atoms with van der Waals surface area (Å²) in [7, 11) is 1.63. The van der Waals surface area contributed by atoms with Crippen molar-refractivity contribution in [2.45, 2.75) is 51.2 Å². The highest BCUT2D eigenvalue weighted by Gasteiger charge is 2.26. The van der Waals surface area contributed by atoms with Crippen molar-refractivity contribution < 1.29 is 22.6 Å². The van der Waals surface area contributed by atoms with Crippen molar-refractivity contribution in [3.05, 3.63) is 0 Å². The van der Waals surface area contributed by atoms with Gasteiger partial charge < -0.3 is 14.8 Å². The van der Waals surface area contributed by atoms with Crippen LogP contribution in [0.5, 0.6) is 0 Å². The first-order chi connectivity index (χ1) is 8.95. The zero-order valence-corrected chi connectivity index (χ0v) is 11.9. The molecule has 0 rings (SSSR count). The quantitative estimate of drug-likeness (QED) is 0.559. The van der Waals surface area contributed by atoms with Gasteiger partial charge in [0, 0.05) is 26.2 Å². The third kappa shape index (κ3) is 15.6. The number of alkyl halides is 3. The largest absolute Gasteiger partial charge is 0.389 e. The molecule has 0 fully saturated rings. The number of rotatable bonds is 12. The molecule has 1 N–H and O–H groups in total. The van der Waals surface area contributed by atoms with Crippen LogP contribution < -0.4 is 5.32 Å². The van der Waals surface area contributed by atoms with E-state index in [1.54, 1.807) is 7.11 Å². The second kappa shape index (κ2) is 11.5. The lowest BCUT2D eigenvalue weighted by Crippen LogP contribution is -2.27. The fourth-order valence-electron chi connectivity index (χ4n) is 1.63. The molecule has 116 valence electrons. The minimum Gasteiger partial charge on any atom is -0.382 e. The van der Waals surface area contributed by atoms with Gasteiger partial charge in [0.05, 0.1) is 13.2 Å². The van der Waals surface area contributed by atoms with E-state index in [9.17, 15) is 13.2 Å². The summed E-state index contributed by atoms with van der Waals surface area (Å²) in [5.41, 5.74) is 0. The normalized spacial score (nSPS) is 13.7. The highest BCUT2D eigenvalue weighted by atomic mass is 19.4. The Morgan fingerprint density at radius 1 is 1.05 bits per heavy atom. The van der Waals surface area contributed by atoms with Gasteiger partial charge in [0.1, 0.15) is 0 Å². The molecule has 0 heterocycles. The second-order valence-corrected chi connectivity index (χ2v) is 4.67. The van der Waals surface area contributed by atoms with Crippen LogP contribution in [0.15, 0.2) is 0 Å². The maximum Gasteiger partial charge on any atom is 0.389 e. The molecule has 0 radical (unpaired) electrons. The lowest BCUT2D eigenvalue weighted by atomic mass is 10.1. The summed E-state index contributed by atoms with van der Waals surface area (Å²) in [4.78, 5) is 0. The standard InChI is InChI=1S/C13H26F3NO2/c1-12(6-5-7-13(14,15)16)17-8-3-4-9-19-11-10-18-2/h12,17H,3-11H2,1-2H3. The molecule has 0 spiro atoms. The number of hydrogen-bond acceptors (Lipinski definition) is 3. The Hall–Kier alpha value is -0.330. The molecule has 0 aliphatic rings. The minimum absolute atomic E-state index is 0.136. The van der Waals surface area contributed by atoms with Crippen molar-refractivity contribution in [3.8, 4) is 0 Å². The lowest BCUT2D eigenvalue weighted by molar-refractivity contribution is -0.135. The molecule has 0 bridgehead atoms. The van der Waals surface area contributed by atoms with Crippen LogP contribution in [0.4, 0.5) is 13.2 Å². The van der Waals surface area contributed by atoms with E-state index in [0.717, 1.165) is 19.4 Å².